The smallest absolute Gasteiger partial charge is 0.408 e. The van der Waals surface area contributed by atoms with Gasteiger partial charge in [-0.15, -0.1) is 0 Å². The number of hydrogen-bond acceptors (Lipinski definition) is 6. The number of alkyl carbamates (subject to hydrolysis) is 1. The first-order valence-corrected chi connectivity index (χ1v) is 17.2. The number of nitrogens with one attached hydrogen (secondary N) is 3. The molecule has 1 saturated heterocycles. The molecule has 3 aliphatic rings. The summed E-state index contributed by atoms with van der Waals surface area (Å²) in [5.74, 6) is -2.45. The van der Waals surface area contributed by atoms with Crippen molar-refractivity contribution in [3.05, 3.63) is 71.3 Å². The standard InChI is InChI=1S/C38H50N4O6/c1-7-13-28(32(43)34(45)39-19-18-23-14-9-8-10-15-23)40-33(44)31-29-27(38(29,5)6)22-42(31)35(46)30(41-36(47)48-37(2,3)4)26-20-24-16-11-12-17-25(24)21-26/h8-12,14-17,26-31H,7,13,18-22H2,1-6H3,(H,39,45)(H,40,44)(H,41,47)/t27-,28?,29-,30-,31-/m0/s1. The van der Waals surface area contributed by atoms with Crippen LogP contribution in [0.3, 0.4) is 0 Å². The van der Waals surface area contributed by atoms with E-state index in [1.165, 1.54) is 0 Å². The Hall–Kier alpha value is -4.21. The van der Waals surface area contributed by atoms with E-state index in [0.717, 1.165) is 16.7 Å². The Balaban J connectivity index is 1.32. The van der Waals surface area contributed by atoms with Crippen LogP contribution < -0.4 is 16.0 Å². The highest BCUT2D eigenvalue weighted by Crippen LogP contribution is 2.65. The first-order chi connectivity index (χ1) is 22.7. The molecular formula is C38H50N4O6. The quantitative estimate of drug-likeness (QED) is 0.296. The molecule has 2 aromatic rings. The molecule has 0 radical (unpaired) electrons. The number of carbonyl (C=O) groups is 5. The van der Waals surface area contributed by atoms with Crippen molar-refractivity contribution in [2.45, 2.75) is 97.4 Å². The Kier molecular flexibility index (Phi) is 10.3. The van der Waals surface area contributed by atoms with Crippen molar-refractivity contribution < 1.29 is 28.7 Å². The average Bonchev–Trinajstić information content (AvgIpc) is 3.39. The van der Waals surface area contributed by atoms with Crippen LogP contribution in [0.25, 0.3) is 0 Å². The molecule has 0 spiro atoms. The van der Waals surface area contributed by atoms with Crippen LogP contribution in [0.4, 0.5) is 4.79 Å². The first-order valence-electron chi connectivity index (χ1n) is 17.2. The van der Waals surface area contributed by atoms with Crippen LogP contribution in [0.1, 0.15) is 71.1 Å². The van der Waals surface area contributed by atoms with Crippen LogP contribution in [0.2, 0.25) is 0 Å². The van der Waals surface area contributed by atoms with E-state index >= 15 is 0 Å². The van der Waals surface area contributed by atoms with Gasteiger partial charge in [-0.1, -0.05) is 81.8 Å². The number of ketones is 1. The van der Waals surface area contributed by atoms with E-state index < -0.39 is 47.4 Å². The molecule has 2 aliphatic carbocycles. The third-order valence-corrected chi connectivity index (χ3v) is 10.2. The van der Waals surface area contributed by atoms with Gasteiger partial charge in [0.15, 0.2) is 0 Å². The molecule has 5 rings (SSSR count). The third-order valence-electron chi connectivity index (χ3n) is 10.2. The van der Waals surface area contributed by atoms with E-state index in [4.69, 9.17) is 4.74 Å². The van der Waals surface area contributed by atoms with Gasteiger partial charge in [0.2, 0.25) is 17.6 Å². The Morgan fingerprint density at radius 2 is 1.56 bits per heavy atom. The fraction of sp³-hybridized carbons (Fsp3) is 0.553. The number of ether oxygens (including phenoxy) is 1. The molecule has 1 unspecified atom stereocenters. The summed E-state index contributed by atoms with van der Waals surface area (Å²) < 4.78 is 5.56. The van der Waals surface area contributed by atoms with Gasteiger partial charge in [-0.3, -0.25) is 19.2 Å². The van der Waals surface area contributed by atoms with Crippen LogP contribution >= 0.6 is 0 Å². The van der Waals surface area contributed by atoms with Crippen molar-refractivity contribution in [1.29, 1.82) is 0 Å². The number of benzene rings is 2. The zero-order valence-electron chi connectivity index (χ0n) is 29.0. The number of nitrogens with zero attached hydrogens (tertiary/aromatic N) is 1. The summed E-state index contributed by atoms with van der Waals surface area (Å²) in [5.41, 5.74) is 2.38. The Morgan fingerprint density at radius 3 is 2.17 bits per heavy atom. The molecule has 0 aromatic heterocycles. The molecule has 10 nitrogen and oxygen atoms in total. The van der Waals surface area contributed by atoms with E-state index in [0.29, 0.717) is 38.8 Å². The summed E-state index contributed by atoms with van der Waals surface area (Å²) in [5, 5.41) is 8.44. The van der Waals surface area contributed by atoms with Crippen molar-refractivity contribution in [3.63, 3.8) is 0 Å². The number of amides is 4. The van der Waals surface area contributed by atoms with E-state index in [9.17, 15) is 24.0 Å². The lowest BCUT2D eigenvalue weighted by Crippen LogP contribution is -2.59. The van der Waals surface area contributed by atoms with Gasteiger partial charge in [-0.25, -0.2) is 4.79 Å². The molecule has 3 N–H and O–H groups in total. The Labute approximate surface area is 283 Å². The van der Waals surface area contributed by atoms with Crippen molar-refractivity contribution in [3.8, 4) is 0 Å². The molecule has 0 bridgehead atoms. The highest BCUT2D eigenvalue weighted by atomic mass is 16.6. The molecule has 2 fully saturated rings. The zero-order chi connectivity index (χ0) is 34.8. The third kappa shape index (κ3) is 7.74. The summed E-state index contributed by atoms with van der Waals surface area (Å²) in [4.78, 5) is 69.5. The Morgan fingerprint density at radius 1 is 0.938 bits per heavy atom. The lowest BCUT2D eigenvalue weighted by Gasteiger charge is -2.35. The predicted octanol–water partition coefficient (Wildman–Crippen LogP) is 3.99. The monoisotopic (exact) mass is 658 g/mol. The fourth-order valence-corrected chi connectivity index (χ4v) is 7.66. The van der Waals surface area contributed by atoms with Gasteiger partial charge in [-0.05, 0) is 86.3 Å². The molecule has 1 heterocycles. The minimum absolute atomic E-state index is 0.0989. The molecule has 2 aromatic carbocycles. The van der Waals surface area contributed by atoms with Crippen molar-refractivity contribution in [2.24, 2.45) is 23.2 Å². The van der Waals surface area contributed by atoms with E-state index in [-0.39, 0.29) is 35.5 Å². The molecule has 4 amide bonds. The maximum absolute atomic E-state index is 14.5. The van der Waals surface area contributed by atoms with Crippen molar-refractivity contribution >= 4 is 29.6 Å². The number of piperidine rings is 1. The van der Waals surface area contributed by atoms with E-state index in [2.05, 4.69) is 29.8 Å². The SMILES string of the molecule is CCCC(NC(=O)[C@@H]1[C@@H]2[C@H](CN1C(=O)[C@@H](NC(=O)OC(C)(C)C)C1Cc3ccccc3C1)C2(C)C)C(=O)C(=O)NCCc1ccccc1. The average molecular weight is 659 g/mol. The van der Waals surface area contributed by atoms with Gasteiger partial charge in [0.25, 0.3) is 5.91 Å². The topological polar surface area (TPSA) is 134 Å². The summed E-state index contributed by atoms with van der Waals surface area (Å²) in [6.45, 7) is 12.0. The van der Waals surface area contributed by atoms with Crippen LogP contribution in [0.15, 0.2) is 54.6 Å². The summed E-state index contributed by atoms with van der Waals surface area (Å²) in [6.07, 6.45) is 1.97. The van der Waals surface area contributed by atoms with Gasteiger partial charge in [0.05, 0.1) is 6.04 Å². The van der Waals surface area contributed by atoms with E-state index in [1.807, 2.05) is 61.5 Å². The van der Waals surface area contributed by atoms with Crippen LogP contribution in [0, 0.1) is 23.2 Å². The van der Waals surface area contributed by atoms with Crippen molar-refractivity contribution in [2.75, 3.05) is 13.1 Å². The predicted molar refractivity (Wildman–Crippen MR) is 182 cm³/mol. The number of carbonyl (C=O) groups excluding carboxylic acids is 5. The van der Waals surface area contributed by atoms with Crippen LogP contribution in [-0.4, -0.2) is 71.3 Å². The minimum atomic E-state index is -1.02. The van der Waals surface area contributed by atoms with Crippen molar-refractivity contribution in [1.82, 2.24) is 20.9 Å². The lowest BCUT2D eigenvalue weighted by atomic mass is 9.93. The molecule has 10 heteroatoms. The molecule has 5 atom stereocenters. The highest BCUT2D eigenvalue weighted by Gasteiger charge is 2.69. The summed E-state index contributed by atoms with van der Waals surface area (Å²) in [7, 11) is 0. The minimum Gasteiger partial charge on any atom is -0.444 e. The Bertz CT molecular complexity index is 1510. The van der Waals surface area contributed by atoms with Gasteiger partial charge in [-0.2, -0.15) is 0 Å². The number of fused-ring (bicyclic) bond motifs is 2. The number of rotatable bonds is 12. The second kappa shape index (κ2) is 14.1. The van der Waals surface area contributed by atoms with E-state index in [1.54, 1.807) is 25.7 Å². The molecule has 258 valence electrons. The molecule has 48 heavy (non-hydrogen) atoms. The first kappa shape index (κ1) is 35.1. The largest absolute Gasteiger partial charge is 0.444 e. The van der Waals surface area contributed by atoms with Crippen LogP contribution in [0.5, 0.6) is 0 Å². The normalized spacial score (nSPS) is 22.1. The number of Topliss-reactive ketones (excluding diaryl/α,β-unsaturated/α-hetero) is 1. The summed E-state index contributed by atoms with van der Waals surface area (Å²) in [6, 6.07) is 14.9. The molecule has 1 aliphatic heterocycles. The number of likely N-dealkylation sites (tertiary alicyclic amines) is 1. The summed E-state index contributed by atoms with van der Waals surface area (Å²) >= 11 is 0. The van der Waals surface area contributed by atoms with Gasteiger partial charge < -0.3 is 25.6 Å². The lowest BCUT2D eigenvalue weighted by molar-refractivity contribution is -0.144. The maximum atomic E-state index is 14.5. The fourth-order valence-electron chi connectivity index (χ4n) is 7.66. The van der Waals surface area contributed by atoms with Gasteiger partial charge in [0.1, 0.15) is 17.7 Å². The maximum Gasteiger partial charge on any atom is 0.408 e. The zero-order valence-corrected chi connectivity index (χ0v) is 29.0. The van der Waals surface area contributed by atoms with Gasteiger partial charge in [0, 0.05) is 13.1 Å². The molecular weight excluding hydrogens is 608 g/mol. The van der Waals surface area contributed by atoms with Crippen LogP contribution in [-0.2, 0) is 43.2 Å². The highest BCUT2D eigenvalue weighted by molar-refractivity contribution is 6.38. The number of hydrogen-bond donors (Lipinski definition) is 3. The second-order valence-corrected chi connectivity index (χ2v) is 15.2. The molecule has 1 saturated carbocycles. The second-order valence-electron chi connectivity index (χ2n) is 15.2. The van der Waals surface area contributed by atoms with Gasteiger partial charge >= 0.3 is 6.09 Å².